The van der Waals surface area contributed by atoms with Crippen LogP contribution in [0.3, 0.4) is 0 Å². The van der Waals surface area contributed by atoms with Crippen molar-refractivity contribution in [3.8, 4) is 5.75 Å². The number of anilines is 2. The Labute approximate surface area is 150 Å². The van der Waals surface area contributed by atoms with E-state index in [1.54, 1.807) is 0 Å². The molecule has 2 fully saturated rings. The molecule has 2 aliphatic heterocycles. The first-order valence-corrected chi connectivity index (χ1v) is 9.64. The average Bonchev–Trinajstić information content (AvgIpc) is 3.32. The molecule has 0 N–H and O–H groups in total. The minimum absolute atomic E-state index is 0.114. The van der Waals surface area contributed by atoms with Crippen LogP contribution in [0.25, 0.3) is 0 Å². The molecule has 130 valence electrons. The molecule has 1 aliphatic carbocycles. The van der Waals surface area contributed by atoms with E-state index >= 15 is 0 Å². The molecular weight excluding hydrogens is 308 g/mol. The summed E-state index contributed by atoms with van der Waals surface area (Å²) >= 11 is 0. The van der Waals surface area contributed by atoms with Gasteiger partial charge in [-0.25, -0.2) is 0 Å². The molecular formula is C22H26N2O. The molecule has 3 atom stereocenters. The van der Waals surface area contributed by atoms with Crippen LogP contribution in [0.2, 0.25) is 0 Å². The minimum atomic E-state index is 0.114. The summed E-state index contributed by atoms with van der Waals surface area (Å²) < 4.78 is 6.41. The van der Waals surface area contributed by atoms with Crippen molar-refractivity contribution in [1.82, 2.24) is 0 Å². The lowest BCUT2D eigenvalue weighted by molar-refractivity contribution is 0.220. The van der Waals surface area contributed by atoms with Gasteiger partial charge in [-0.1, -0.05) is 43.2 Å². The van der Waals surface area contributed by atoms with E-state index in [1.165, 1.54) is 42.6 Å². The standard InChI is InChI=1S/C22H26N2O/c1-15-9-3-6-12-18(15)23-16(2)22-24(21(23)17-10-4-5-11-17)19-13-7-8-14-20(19)25-22/h3,6-9,12-14,16-17,21-22H,4-5,10-11H2,1-2H3/t16-,21?,22?/m0/s1. The summed E-state index contributed by atoms with van der Waals surface area (Å²) in [5.41, 5.74) is 3.99. The Bertz CT molecular complexity index is 783. The van der Waals surface area contributed by atoms with Crippen LogP contribution in [-0.4, -0.2) is 18.4 Å². The second kappa shape index (κ2) is 5.69. The maximum atomic E-state index is 6.41. The first kappa shape index (κ1) is 15.1. The summed E-state index contributed by atoms with van der Waals surface area (Å²) in [4.78, 5) is 5.22. The third-order valence-corrected chi connectivity index (χ3v) is 6.30. The van der Waals surface area contributed by atoms with Gasteiger partial charge >= 0.3 is 0 Å². The van der Waals surface area contributed by atoms with Crippen LogP contribution in [0, 0.1) is 12.8 Å². The lowest BCUT2D eigenvalue weighted by Crippen LogP contribution is -2.45. The van der Waals surface area contributed by atoms with Gasteiger partial charge in [-0.2, -0.15) is 0 Å². The number of aryl methyl sites for hydroxylation is 1. The molecule has 25 heavy (non-hydrogen) atoms. The third-order valence-electron chi connectivity index (χ3n) is 6.30. The van der Waals surface area contributed by atoms with Gasteiger partial charge in [0.2, 0.25) is 0 Å². The summed E-state index contributed by atoms with van der Waals surface area (Å²) in [5.74, 6) is 1.76. The minimum Gasteiger partial charge on any atom is -0.466 e. The average molecular weight is 334 g/mol. The molecule has 5 rings (SSSR count). The summed E-state index contributed by atoms with van der Waals surface area (Å²) in [6.45, 7) is 4.55. The fraction of sp³-hybridized carbons (Fsp3) is 0.455. The second-order valence-corrected chi connectivity index (χ2v) is 7.78. The number of benzene rings is 2. The normalized spacial score (nSPS) is 28.2. The molecule has 0 bridgehead atoms. The fourth-order valence-corrected chi connectivity index (χ4v) is 5.16. The molecule has 1 saturated heterocycles. The van der Waals surface area contributed by atoms with Gasteiger partial charge in [0.05, 0.1) is 11.7 Å². The Morgan fingerprint density at radius 2 is 1.56 bits per heavy atom. The molecule has 0 radical (unpaired) electrons. The summed E-state index contributed by atoms with van der Waals surface area (Å²) in [7, 11) is 0. The largest absolute Gasteiger partial charge is 0.466 e. The van der Waals surface area contributed by atoms with Crippen LogP contribution in [-0.2, 0) is 0 Å². The van der Waals surface area contributed by atoms with E-state index in [0.29, 0.717) is 18.1 Å². The van der Waals surface area contributed by atoms with Crippen LogP contribution >= 0.6 is 0 Å². The van der Waals surface area contributed by atoms with Crippen molar-refractivity contribution in [1.29, 1.82) is 0 Å². The molecule has 2 aromatic carbocycles. The predicted octanol–water partition coefficient (Wildman–Crippen LogP) is 4.94. The van der Waals surface area contributed by atoms with Crippen molar-refractivity contribution >= 4 is 11.4 Å². The Morgan fingerprint density at radius 1 is 0.880 bits per heavy atom. The van der Waals surface area contributed by atoms with E-state index in [0.717, 1.165) is 5.75 Å². The van der Waals surface area contributed by atoms with Crippen molar-refractivity contribution in [2.75, 3.05) is 9.80 Å². The van der Waals surface area contributed by atoms with Crippen molar-refractivity contribution < 1.29 is 4.74 Å². The van der Waals surface area contributed by atoms with Gasteiger partial charge in [-0.15, -0.1) is 0 Å². The third kappa shape index (κ3) is 2.18. The van der Waals surface area contributed by atoms with E-state index in [9.17, 15) is 0 Å². The van der Waals surface area contributed by atoms with Gasteiger partial charge in [-0.3, -0.25) is 0 Å². The Hall–Kier alpha value is -2.16. The van der Waals surface area contributed by atoms with E-state index in [-0.39, 0.29) is 6.23 Å². The smallest absolute Gasteiger partial charge is 0.194 e. The highest BCUT2D eigenvalue weighted by molar-refractivity contribution is 5.69. The Kier molecular flexibility index (Phi) is 3.44. The number of rotatable bonds is 2. The van der Waals surface area contributed by atoms with Gasteiger partial charge < -0.3 is 14.5 Å². The summed E-state index contributed by atoms with van der Waals surface area (Å²) in [6, 6.07) is 17.7. The van der Waals surface area contributed by atoms with Crippen LogP contribution in [0.5, 0.6) is 5.75 Å². The number of ether oxygens (including phenoxy) is 1. The number of hydrogen-bond acceptors (Lipinski definition) is 3. The van der Waals surface area contributed by atoms with E-state index in [4.69, 9.17) is 4.74 Å². The molecule has 2 unspecified atom stereocenters. The highest BCUT2D eigenvalue weighted by atomic mass is 16.5. The quantitative estimate of drug-likeness (QED) is 0.773. The maximum absolute atomic E-state index is 6.41. The maximum Gasteiger partial charge on any atom is 0.194 e. The van der Waals surface area contributed by atoms with Gasteiger partial charge in [0, 0.05) is 5.69 Å². The molecule has 2 aromatic rings. The van der Waals surface area contributed by atoms with Crippen LogP contribution in [0.15, 0.2) is 48.5 Å². The molecule has 3 heteroatoms. The lowest BCUT2D eigenvalue weighted by Gasteiger charge is -2.37. The zero-order valence-electron chi connectivity index (χ0n) is 15.1. The number of nitrogens with zero attached hydrogens (tertiary/aromatic N) is 2. The molecule has 0 aromatic heterocycles. The molecule has 0 spiro atoms. The van der Waals surface area contributed by atoms with Crippen molar-refractivity contribution in [3.05, 3.63) is 54.1 Å². The molecule has 3 aliphatic rings. The fourth-order valence-electron chi connectivity index (χ4n) is 5.16. The van der Waals surface area contributed by atoms with E-state index < -0.39 is 0 Å². The van der Waals surface area contributed by atoms with E-state index in [1.807, 2.05) is 0 Å². The summed E-state index contributed by atoms with van der Waals surface area (Å²) in [5, 5.41) is 0. The van der Waals surface area contributed by atoms with Gasteiger partial charge in [0.25, 0.3) is 0 Å². The summed E-state index contributed by atoms with van der Waals surface area (Å²) in [6.07, 6.45) is 5.88. The predicted molar refractivity (Wildman–Crippen MR) is 102 cm³/mol. The monoisotopic (exact) mass is 334 g/mol. The van der Waals surface area contributed by atoms with Crippen molar-refractivity contribution in [2.45, 2.75) is 58.0 Å². The molecule has 3 nitrogen and oxygen atoms in total. The van der Waals surface area contributed by atoms with Crippen LogP contribution in [0.4, 0.5) is 11.4 Å². The number of para-hydroxylation sites is 3. The van der Waals surface area contributed by atoms with Gasteiger partial charge in [-0.05, 0) is 56.4 Å². The first-order chi connectivity index (χ1) is 12.3. The van der Waals surface area contributed by atoms with Crippen molar-refractivity contribution in [3.63, 3.8) is 0 Å². The highest BCUT2D eigenvalue weighted by Gasteiger charge is 2.53. The van der Waals surface area contributed by atoms with Gasteiger partial charge in [0.1, 0.15) is 11.9 Å². The van der Waals surface area contributed by atoms with E-state index in [2.05, 4.69) is 72.2 Å². The SMILES string of the molecule is Cc1ccccc1N1C(C2CCCC2)N2c3ccccc3OC2[C@@H]1C. The van der Waals surface area contributed by atoms with Crippen LogP contribution in [0.1, 0.15) is 38.2 Å². The molecule has 2 heterocycles. The Morgan fingerprint density at radius 3 is 2.32 bits per heavy atom. The lowest BCUT2D eigenvalue weighted by atomic mass is 10.0. The molecule has 0 amide bonds. The highest BCUT2D eigenvalue weighted by Crippen LogP contribution is 2.50. The number of hydrogen-bond donors (Lipinski definition) is 0. The molecule has 1 saturated carbocycles. The topological polar surface area (TPSA) is 15.7 Å². The van der Waals surface area contributed by atoms with Crippen molar-refractivity contribution in [2.24, 2.45) is 5.92 Å². The van der Waals surface area contributed by atoms with Crippen LogP contribution < -0.4 is 14.5 Å². The first-order valence-electron chi connectivity index (χ1n) is 9.64. The number of fused-ring (bicyclic) bond motifs is 3. The Balaban J connectivity index is 1.63. The van der Waals surface area contributed by atoms with Gasteiger partial charge in [0.15, 0.2) is 6.23 Å². The zero-order chi connectivity index (χ0) is 17.0. The zero-order valence-corrected chi connectivity index (χ0v) is 15.1. The second-order valence-electron chi connectivity index (χ2n) is 7.78.